The smallest absolute Gasteiger partial charge is 0.226 e. The Kier molecular flexibility index (Phi) is 3.92. The van der Waals surface area contributed by atoms with Gasteiger partial charge >= 0.3 is 0 Å². The van der Waals surface area contributed by atoms with Crippen LogP contribution in [0.3, 0.4) is 0 Å². The van der Waals surface area contributed by atoms with E-state index in [9.17, 15) is 4.79 Å². The SMILES string of the molecule is CCN1CC(c2cccs2)SCC(C)C1=O. The van der Waals surface area contributed by atoms with E-state index in [2.05, 4.69) is 24.4 Å². The molecule has 1 saturated heterocycles. The van der Waals surface area contributed by atoms with Crippen molar-refractivity contribution in [3.05, 3.63) is 22.4 Å². The zero-order valence-corrected chi connectivity index (χ0v) is 11.3. The maximum absolute atomic E-state index is 12.0. The van der Waals surface area contributed by atoms with Gasteiger partial charge in [-0.05, 0) is 18.4 Å². The van der Waals surface area contributed by atoms with E-state index in [0.29, 0.717) is 11.2 Å². The van der Waals surface area contributed by atoms with Crippen molar-refractivity contribution in [3.63, 3.8) is 0 Å². The van der Waals surface area contributed by atoms with E-state index in [-0.39, 0.29) is 5.92 Å². The Morgan fingerprint density at radius 2 is 2.38 bits per heavy atom. The molecule has 2 unspecified atom stereocenters. The lowest BCUT2D eigenvalue weighted by atomic mass is 10.2. The molecule has 2 nitrogen and oxygen atoms in total. The quantitative estimate of drug-likeness (QED) is 0.809. The average Bonchev–Trinajstić information content (AvgIpc) is 2.77. The van der Waals surface area contributed by atoms with Crippen LogP contribution < -0.4 is 0 Å². The third-order valence-electron chi connectivity index (χ3n) is 2.91. The summed E-state index contributed by atoms with van der Waals surface area (Å²) in [5, 5.41) is 2.58. The monoisotopic (exact) mass is 255 g/mol. The Balaban J connectivity index is 2.15. The minimum atomic E-state index is 0.162. The second kappa shape index (κ2) is 5.23. The van der Waals surface area contributed by atoms with E-state index in [1.54, 1.807) is 11.3 Å². The summed E-state index contributed by atoms with van der Waals surface area (Å²) < 4.78 is 0. The minimum Gasteiger partial charge on any atom is -0.341 e. The molecule has 1 amide bonds. The van der Waals surface area contributed by atoms with E-state index >= 15 is 0 Å². The summed E-state index contributed by atoms with van der Waals surface area (Å²) in [6.07, 6.45) is 0. The lowest BCUT2D eigenvalue weighted by Gasteiger charge is -2.23. The molecule has 1 aliphatic rings. The van der Waals surface area contributed by atoms with Crippen LogP contribution in [0.2, 0.25) is 0 Å². The van der Waals surface area contributed by atoms with E-state index in [4.69, 9.17) is 0 Å². The topological polar surface area (TPSA) is 20.3 Å². The first-order chi connectivity index (χ1) is 7.72. The van der Waals surface area contributed by atoms with Gasteiger partial charge in [-0.15, -0.1) is 11.3 Å². The first-order valence-corrected chi connectivity index (χ1v) is 7.59. The standard InChI is InChI=1S/C12H17NOS2/c1-3-13-7-11(10-5-4-6-15-10)16-8-9(2)12(13)14/h4-6,9,11H,3,7-8H2,1-2H3. The largest absolute Gasteiger partial charge is 0.341 e. The number of amides is 1. The predicted molar refractivity (Wildman–Crippen MR) is 70.9 cm³/mol. The maximum atomic E-state index is 12.0. The highest BCUT2D eigenvalue weighted by molar-refractivity contribution is 7.99. The summed E-state index contributed by atoms with van der Waals surface area (Å²) in [4.78, 5) is 15.4. The van der Waals surface area contributed by atoms with Gasteiger partial charge in [0.1, 0.15) is 0 Å². The number of hydrogen-bond donors (Lipinski definition) is 0. The fraction of sp³-hybridized carbons (Fsp3) is 0.583. The van der Waals surface area contributed by atoms with Crippen LogP contribution in [-0.2, 0) is 4.79 Å². The highest BCUT2D eigenvalue weighted by atomic mass is 32.2. The van der Waals surface area contributed by atoms with Crippen molar-refractivity contribution in [3.8, 4) is 0 Å². The molecule has 1 aliphatic heterocycles. The van der Waals surface area contributed by atoms with Crippen LogP contribution in [0.1, 0.15) is 24.0 Å². The normalized spacial score (nSPS) is 26.9. The second-order valence-corrected chi connectivity index (χ2v) is 6.33. The molecule has 0 aliphatic carbocycles. The molecule has 1 fully saturated rings. The number of rotatable bonds is 2. The van der Waals surface area contributed by atoms with Gasteiger partial charge in [0.2, 0.25) is 5.91 Å². The Morgan fingerprint density at radius 1 is 1.56 bits per heavy atom. The molecule has 1 aromatic rings. The Hall–Kier alpha value is -0.480. The van der Waals surface area contributed by atoms with E-state index in [0.717, 1.165) is 18.8 Å². The van der Waals surface area contributed by atoms with Crippen LogP contribution in [0.5, 0.6) is 0 Å². The third kappa shape index (κ3) is 2.43. The molecule has 0 saturated carbocycles. The maximum Gasteiger partial charge on any atom is 0.226 e. The van der Waals surface area contributed by atoms with Crippen LogP contribution in [0.25, 0.3) is 0 Å². The number of thiophene rings is 1. The van der Waals surface area contributed by atoms with Gasteiger partial charge in [0.15, 0.2) is 0 Å². The van der Waals surface area contributed by atoms with Gasteiger partial charge in [-0.25, -0.2) is 0 Å². The van der Waals surface area contributed by atoms with Crippen LogP contribution in [0.4, 0.5) is 0 Å². The van der Waals surface area contributed by atoms with Crippen molar-refractivity contribution in [2.75, 3.05) is 18.8 Å². The zero-order chi connectivity index (χ0) is 11.5. The molecule has 0 N–H and O–H groups in total. The van der Waals surface area contributed by atoms with Crippen LogP contribution in [0.15, 0.2) is 17.5 Å². The first-order valence-electron chi connectivity index (χ1n) is 5.66. The highest BCUT2D eigenvalue weighted by Gasteiger charge is 2.28. The summed E-state index contributed by atoms with van der Waals surface area (Å²) in [5.41, 5.74) is 0. The van der Waals surface area contributed by atoms with E-state index in [1.807, 2.05) is 23.6 Å². The molecule has 2 heterocycles. The summed E-state index contributed by atoms with van der Waals surface area (Å²) >= 11 is 3.72. The van der Waals surface area contributed by atoms with Crippen molar-refractivity contribution in [1.29, 1.82) is 0 Å². The lowest BCUT2D eigenvalue weighted by molar-refractivity contribution is -0.133. The molecule has 0 radical (unpaired) electrons. The Morgan fingerprint density at radius 3 is 3.00 bits per heavy atom. The minimum absolute atomic E-state index is 0.162. The van der Waals surface area contributed by atoms with Gasteiger partial charge < -0.3 is 4.90 Å². The Bertz CT molecular complexity index is 350. The molecule has 16 heavy (non-hydrogen) atoms. The van der Waals surface area contributed by atoms with E-state index < -0.39 is 0 Å². The molecule has 4 heteroatoms. The van der Waals surface area contributed by atoms with Crippen molar-refractivity contribution in [2.45, 2.75) is 19.1 Å². The number of likely N-dealkylation sites (N-methyl/N-ethyl adjacent to an activating group) is 1. The van der Waals surface area contributed by atoms with E-state index in [1.165, 1.54) is 4.88 Å². The number of carbonyl (C=O) groups is 1. The van der Waals surface area contributed by atoms with Gasteiger partial charge in [0, 0.05) is 29.6 Å². The number of hydrogen-bond acceptors (Lipinski definition) is 3. The van der Waals surface area contributed by atoms with Crippen molar-refractivity contribution in [2.24, 2.45) is 5.92 Å². The van der Waals surface area contributed by atoms with Crippen molar-refractivity contribution >= 4 is 29.0 Å². The van der Waals surface area contributed by atoms with Crippen LogP contribution >= 0.6 is 23.1 Å². The molecule has 0 aromatic carbocycles. The molecule has 88 valence electrons. The van der Waals surface area contributed by atoms with Gasteiger partial charge in [-0.3, -0.25) is 4.79 Å². The fourth-order valence-electron chi connectivity index (χ4n) is 1.92. The summed E-state index contributed by atoms with van der Waals surface area (Å²) in [7, 11) is 0. The van der Waals surface area contributed by atoms with Crippen molar-refractivity contribution in [1.82, 2.24) is 4.90 Å². The predicted octanol–water partition coefficient (Wildman–Crippen LogP) is 3.02. The third-order valence-corrected chi connectivity index (χ3v) is 5.54. The Labute approximate surface area is 105 Å². The number of thioether (sulfide) groups is 1. The zero-order valence-electron chi connectivity index (χ0n) is 9.68. The lowest BCUT2D eigenvalue weighted by Crippen LogP contribution is -2.35. The summed E-state index contributed by atoms with van der Waals surface area (Å²) in [6.45, 7) is 5.79. The molecular weight excluding hydrogens is 238 g/mol. The van der Waals surface area contributed by atoms with Crippen LogP contribution in [0, 0.1) is 5.92 Å². The summed E-state index contributed by atoms with van der Waals surface area (Å²) in [5.74, 6) is 1.42. The fourth-order valence-corrected chi connectivity index (χ4v) is 4.18. The second-order valence-electron chi connectivity index (χ2n) is 4.12. The number of nitrogens with zero attached hydrogens (tertiary/aromatic N) is 1. The van der Waals surface area contributed by atoms with Crippen molar-refractivity contribution < 1.29 is 4.79 Å². The molecule has 2 atom stereocenters. The molecule has 1 aromatic heterocycles. The van der Waals surface area contributed by atoms with Crippen LogP contribution in [-0.4, -0.2) is 29.6 Å². The molecule has 2 rings (SSSR count). The average molecular weight is 255 g/mol. The van der Waals surface area contributed by atoms with Gasteiger partial charge in [-0.1, -0.05) is 13.0 Å². The van der Waals surface area contributed by atoms with Gasteiger partial charge in [0.25, 0.3) is 0 Å². The molecule has 0 spiro atoms. The summed E-state index contributed by atoms with van der Waals surface area (Å²) in [6, 6.07) is 4.27. The number of carbonyl (C=O) groups excluding carboxylic acids is 1. The van der Waals surface area contributed by atoms with Gasteiger partial charge in [0.05, 0.1) is 5.25 Å². The molecular formula is C12H17NOS2. The molecule has 0 bridgehead atoms. The highest BCUT2D eigenvalue weighted by Crippen LogP contribution is 2.36. The first kappa shape index (κ1) is 12.0. The van der Waals surface area contributed by atoms with Gasteiger partial charge in [-0.2, -0.15) is 11.8 Å².